The van der Waals surface area contributed by atoms with E-state index in [1.807, 2.05) is 48.5 Å². The van der Waals surface area contributed by atoms with Crippen LogP contribution in [0.15, 0.2) is 78.9 Å². The standard InChI is InChI=1S/C26H17Cl2IN2O/c27-17-9-11-18(21(28)13-17)15-8-10-19-24(12-15)31(14-16-4-1-2-6-22(16)29)23-7-3-5-20(25(19)23)26(30)32/h1-13H,14H2,(H2,30,32). The second kappa shape index (κ2) is 8.43. The van der Waals surface area contributed by atoms with Gasteiger partial charge in [-0.05, 0) is 70.1 Å². The van der Waals surface area contributed by atoms with Crippen LogP contribution in [0, 0.1) is 3.57 Å². The number of aromatic nitrogens is 1. The second-order valence-electron chi connectivity index (χ2n) is 7.60. The molecule has 0 fully saturated rings. The molecule has 0 aliphatic heterocycles. The zero-order valence-corrected chi connectivity index (χ0v) is 20.4. The Morgan fingerprint density at radius 2 is 1.72 bits per heavy atom. The molecule has 32 heavy (non-hydrogen) atoms. The van der Waals surface area contributed by atoms with Gasteiger partial charge in [-0.1, -0.05) is 65.7 Å². The van der Waals surface area contributed by atoms with Crippen molar-refractivity contribution in [2.75, 3.05) is 0 Å². The molecular formula is C26H17Cl2IN2O. The monoisotopic (exact) mass is 570 g/mol. The molecule has 4 aromatic carbocycles. The summed E-state index contributed by atoms with van der Waals surface area (Å²) in [6.07, 6.45) is 0. The molecule has 6 heteroatoms. The van der Waals surface area contributed by atoms with E-state index in [9.17, 15) is 4.79 Å². The number of halogens is 3. The molecule has 1 heterocycles. The Kier molecular flexibility index (Phi) is 5.61. The number of carbonyl (C=O) groups is 1. The number of fused-ring (bicyclic) bond motifs is 3. The minimum absolute atomic E-state index is 0.436. The number of rotatable bonds is 4. The smallest absolute Gasteiger partial charge is 0.249 e. The Hall–Kier alpha value is -2.54. The highest BCUT2D eigenvalue weighted by Gasteiger charge is 2.18. The van der Waals surface area contributed by atoms with Crippen LogP contribution in [-0.2, 0) is 6.54 Å². The van der Waals surface area contributed by atoms with E-state index in [2.05, 4.69) is 45.4 Å². The van der Waals surface area contributed by atoms with Crippen molar-refractivity contribution in [2.24, 2.45) is 5.73 Å². The highest BCUT2D eigenvalue weighted by atomic mass is 127. The van der Waals surface area contributed by atoms with E-state index in [1.165, 1.54) is 9.13 Å². The summed E-state index contributed by atoms with van der Waals surface area (Å²) in [5, 5.41) is 3.04. The third-order valence-electron chi connectivity index (χ3n) is 5.69. The molecule has 0 saturated carbocycles. The van der Waals surface area contributed by atoms with Crippen molar-refractivity contribution in [2.45, 2.75) is 6.54 Å². The first-order chi connectivity index (χ1) is 15.4. The molecule has 0 unspecified atom stereocenters. The van der Waals surface area contributed by atoms with Crippen LogP contribution < -0.4 is 5.73 Å². The summed E-state index contributed by atoms with van der Waals surface area (Å²) in [6.45, 7) is 0.666. The van der Waals surface area contributed by atoms with Gasteiger partial charge in [0.05, 0.1) is 11.0 Å². The molecule has 2 N–H and O–H groups in total. The quantitative estimate of drug-likeness (QED) is 0.223. The van der Waals surface area contributed by atoms with Crippen LogP contribution in [0.2, 0.25) is 10.0 Å². The van der Waals surface area contributed by atoms with Crippen LogP contribution in [-0.4, -0.2) is 10.5 Å². The summed E-state index contributed by atoms with van der Waals surface area (Å²) in [4.78, 5) is 12.2. The molecule has 5 aromatic rings. The fourth-order valence-corrected chi connectivity index (χ4v) is 5.28. The summed E-state index contributed by atoms with van der Waals surface area (Å²) in [5.74, 6) is -0.436. The largest absolute Gasteiger partial charge is 0.366 e. The minimum Gasteiger partial charge on any atom is -0.366 e. The maximum Gasteiger partial charge on any atom is 0.249 e. The van der Waals surface area contributed by atoms with E-state index >= 15 is 0 Å². The van der Waals surface area contributed by atoms with Gasteiger partial charge in [-0.15, -0.1) is 0 Å². The average Bonchev–Trinajstić information content (AvgIpc) is 3.08. The maximum absolute atomic E-state index is 12.2. The van der Waals surface area contributed by atoms with Gasteiger partial charge in [0.15, 0.2) is 0 Å². The summed E-state index contributed by atoms with van der Waals surface area (Å²) < 4.78 is 3.42. The Morgan fingerprint density at radius 3 is 2.47 bits per heavy atom. The Morgan fingerprint density at radius 1 is 0.906 bits per heavy atom. The molecule has 3 nitrogen and oxygen atoms in total. The lowest BCUT2D eigenvalue weighted by atomic mass is 10.0. The third kappa shape index (κ3) is 3.66. The Bertz CT molecular complexity index is 1520. The molecular weight excluding hydrogens is 554 g/mol. The Labute approximate surface area is 208 Å². The van der Waals surface area contributed by atoms with Crippen LogP contribution >= 0.6 is 45.8 Å². The predicted molar refractivity (Wildman–Crippen MR) is 142 cm³/mol. The highest BCUT2D eigenvalue weighted by molar-refractivity contribution is 14.1. The van der Waals surface area contributed by atoms with Crippen molar-refractivity contribution in [3.8, 4) is 11.1 Å². The van der Waals surface area contributed by atoms with Crippen molar-refractivity contribution in [1.82, 2.24) is 4.57 Å². The van der Waals surface area contributed by atoms with E-state index in [4.69, 9.17) is 28.9 Å². The molecule has 0 saturated heterocycles. The zero-order valence-electron chi connectivity index (χ0n) is 16.8. The topological polar surface area (TPSA) is 48.0 Å². The molecule has 0 spiro atoms. The number of benzene rings is 4. The Balaban J connectivity index is 1.82. The number of nitrogens with two attached hydrogens (primary N) is 1. The number of nitrogens with zero attached hydrogens (tertiary/aromatic N) is 1. The lowest BCUT2D eigenvalue weighted by molar-refractivity contribution is 0.100. The van der Waals surface area contributed by atoms with Gasteiger partial charge in [-0.3, -0.25) is 4.79 Å². The van der Waals surface area contributed by atoms with Gasteiger partial charge in [0.1, 0.15) is 0 Å². The summed E-state index contributed by atoms with van der Waals surface area (Å²) in [6, 6.07) is 25.7. The van der Waals surface area contributed by atoms with E-state index in [1.54, 1.807) is 12.1 Å². The predicted octanol–water partition coefficient (Wildman–Crippen LogP) is 7.52. The van der Waals surface area contributed by atoms with Gasteiger partial charge in [0.25, 0.3) is 0 Å². The highest BCUT2D eigenvalue weighted by Crippen LogP contribution is 2.37. The first-order valence-electron chi connectivity index (χ1n) is 9.97. The molecule has 0 atom stereocenters. The average molecular weight is 571 g/mol. The van der Waals surface area contributed by atoms with E-state index in [0.29, 0.717) is 22.2 Å². The molecule has 1 amide bonds. The fraction of sp³-hybridized carbons (Fsp3) is 0.0385. The van der Waals surface area contributed by atoms with Crippen LogP contribution in [0.1, 0.15) is 15.9 Å². The normalized spacial score (nSPS) is 11.3. The maximum atomic E-state index is 12.2. The molecule has 5 rings (SSSR count). The first-order valence-corrected chi connectivity index (χ1v) is 11.8. The molecule has 158 valence electrons. The SMILES string of the molecule is NC(=O)c1cccc2c1c1ccc(-c3ccc(Cl)cc3Cl)cc1n2Cc1ccccc1I. The van der Waals surface area contributed by atoms with Crippen LogP contribution in [0.4, 0.5) is 0 Å². The van der Waals surface area contributed by atoms with Crippen molar-refractivity contribution in [3.05, 3.63) is 104 Å². The molecule has 0 bridgehead atoms. The van der Waals surface area contributed by atoms with Gasteiger partial charge in [0.2, 0.25) is 5.91 Å². The van der Waals surface area contributed by atoms with Crippen molar-refractivity contribution in [1.29, 1.82) is 0 Å². The van der Waals surface area contributed by atoms with Crippen LogP contribution in [0.3, 0.4) is 0 Å². The fourth-order valence-electron chi connectivity index (χ4n) is 4.21. The van der Waals surface area contributed by atoms with E-state index < -0.39 is 5.91 Å². The van der Waals surface area contributed by atoms with Gasteiger partial charge in [0, 0.05) is 42.1 Å². The molecule has 0 radical (unpaired) electrons. The van der Waals surface area contributed by atoms with Gasteiger partial charge in [-0.2, -0.15) is 0 Å². The summed E-state index contributed by atoms with van der Waals surface area (Å²) in [5.41, 5.74) is 11.3. The number of carbonyl (C=O) groups excluding carboxylic acids is 1. The molecule has 0 aliphatic carbocycles. The van der Waals surface area contributed by atoms with Crippen LogP contribution in [0.5, 0.6) is 0 Å². The zero-order chi connectivity index (χ0) is 22.4. The summed E-state index contributed by atoms with van der Waals surface area (Å²) in [7, 11) is 0. The number of hydrogen-bond acceptors (Lipinski definition) is 1. The van der Waals surface area contributed by atoms with Crippen molar-refractivity contribution in [3.63, 3.8) is 0 Å². The lowest BCUT2D eigenvalue weighted by Crippen LogP contribution is -2.11. The van der Waals surface area contributed by atoms with Crippen molar-refractivity contribution < 1.29 is 4.79 Å². The van der Waals surface area contributed by atoms with Crippen molar-refractivity contribution >= 4 is 73.5 Å². The molecule has 1 aromatic heterocycles. The number of amides is 1. The van der Waals surface area contributed by atoms with Crippen LogP contribution in [0.25, 0.3) is 32.9 Å². The second-order valence-corrected chi connectivity index (χ2v) is 9.60. The third-order valence-corrected chi connectivity index (χ3v) is 7.29. The van der Waals surface area contributed by atoms with E-state index in [0.717, 1.165) is 32.9 Å². The minimum atomic E-state index is -0.436. The van der Waals surface area contributed by atoms with Gasteiger partial charge in [-0.25, -0.2) is 0 Å². The number of hydrogen-bond donors (Lipinski definition) is 1. The first kappa shape index (κ1) is 21.3. The number of primary amides is 1. The van der Waals surface area contributed by atoms with Gasteiger partial charge < -0.3 is 10.3 Å². The van der Waals surface area contributed by atoms with Gasteiger partial charge >= 0.3 is 0 Å². The molecule has 0 aliphatic rings. The summed E-state index contributed by atoms with van der Waals surface area (Å²) >= 11 is 15.0. The lowest BCUT2D eigenvalue weighted by Gasteiger charge is -2.11. The van der Waals surface area contributed by atoms with E-state index in [-0.39, 0.29) is 0 Å².